The molecule has 0 bridgehead atoms. The van der Waals surface area contributed by atoms with Crippen molar-refractivity contribution in [3.63, 3.8) is 0 Å². The Morgan fingerprint density at radius 3 is 2.67 bits per heavy atom. The number of halogens is 4. The summed E-state index contributed by atoms with van der Waals surface area (Å²) >= 11 is 1.58. The third-order valence-corrected chi connectivity index (χ3v) is 3.22. The molecule has 0 aliphatic heterocycles. The van der Waals surface area contributed by atoms with Crippen LogP contribution in [0.5, 0.6) is 0 Å². The van der Waals surface area contributed by atoms with Gasteiger partial charge in [-0.1, -0.05) is 6.07 Å². The SMILES string of the molecule is NC(CCc1cccs1)COCC(F)(F)C(F)F. The number of hydrogen-bond acceptors (Lipinski definition) is 3. The van der Waals surface area contributed by atoms with Crippen molar-refractivity contribution in [3.05, 3.63) is 22.4 Å². The third kappa shape index (κ3) is 5.32. The molecule has 0 radical (unpaired) electrons. The van der Waals surface area contributed by atoms with E-state index in [4.69, 9.17) is 5.73 Å². The molecule has 0 fully saturated rings. The first-order valence-electron chi connectivity index (χ1n) is 5.43. The predicted octanol–water partition coefficient (Wildman–Crippen LogP) is 2.93. The standard InChI is InChI=1S/C11H15F4NOS/c12-10(13)11(14,15)7-17-6-8(16)3-4-9-2-1-5-18-9/h1-2,5,8,10H,3-4,6-7,16H2. The Morgan fingerprint density at radius 2 is 2.11 bits per heavy atom. The van der Waals surface area contributed by atoms with Gasteiger partial charge in [0.2, 0.25) is 0 Å². The molecule has 1 aromatic rings. The minimum atomic E-state index is -4.10. The second-order valence-corrected chi connectivity index (χ2v) is 4.99. The number of hydrogen-bond donors (Lipinski definition) is 1. The van der Waals surface area contributed by atoms with E-state index in [9.17, 15) is 17.6 Å². The molecule has 1 unspecified atom stereocenters. The molecule has 1 aromatic heterocycles. The summed E-state index contributed by atoms with van der Waals surface area (Å²) in [6.45, 7) is -1.44. The van der Waals surface area contributed by atoms with Crippen molar-refractivity contribution in [3.8, 4) is 0 Å². The van der Waals surface area contributed by atoms with Crippen LogP contribution in [0.15, 0.2) is 17.5 Å². The largest absolute Gasteiger partial charge is 0.373 e. The minimum absolute atomic E-state index is 0.145. The molecular formula is C11H15F4NOS. The first-order valence-corrected chi connectivity index (χ1v) is 6.31. The summed E-state index contributed by atoms with van der Waals surface area (Å²) in [6, 6.07) is 3.43. The van der Waals surface area contributed by atoms with Gasteiger partial charge in [-0.3, -0.25) is 0 Å². The van der Waals surface area contributed by atoms with Gasteiger partial charge in [-0.25, -0.2) is 8.78 Å². The molecule has 1 heterocycles. The maximum atomic E-state index is 12.5. The summed E-state index contributed by atoms with van der Waals surface area (Å²) in [6.07, 6.45) is -2.41. The topological polar surface area (TPSA) is 35.2 Å². The van der Waals surface area contributed by atoms with E-state index < -0.39 is 25.0 Å². The lowest BCUT2D eigenvalue weighted by molar-refractivity contribution is -0.166. The molecule has 18 heavy (non-hydrogen) atoms. The molecule has 1 atom stereocenters. The number of thiophene rings is 1. The van der Waals surface area contributed by atoms with E-state index in [1.807, 2.05) is 17.5 Å². The van der Waals surface area contributed by atoms with Crippen LogP contribution < -0.4 is 5.73 Å². The predicted molar refractivity (Wildman–Crippen MR) is 62.4 cm³/mol. The van der Waals surface area contributed by atoms with Crippen LogP contribution in [-0.4, -0.2) is 31.6 Å². The van der Waals surface area contributed by atoms with Gasteiger partial charge >= 0.3 is 12.3 Å². The van der Waals surface area contributed by atoms with E-state index in [0.717, 1.165) is 11.3 Å². The van der Waals surface area contributed by atoms with Crippen molar-refractivity contribution in [2.75, 3.05) is 13.2 Å². The molecule has 0 amide bonds. The van der Waals surface area contributed by atoms with E-state index in [1.165, 1.54) is 0 Å². The van der Waals surface area contributed by atoms with Gasteiger partial charge in [0, 0.05) is 10.9 Å². The molecular weight excluding hydrogens is 270 g/mol. The highest BCUT2D eigenvalue weighted by Crippen LogP contribution is 2.22. The molecule has 0 saturated carbocycles. The molecule has 0 aliphatic carbocycles. The van der Waals surface area contributed by atoms with E-state index in [1.54, 1.807) is 11.3 Å². The number of rotatable bonds is 8. The Bertz CT molecular complexity index is 332. The molecule has 0 aromatic carbocycles. The Labute approximate surface area is 107 Å². The Kier molecular flexibility index (Phi) is 6.04. The zero-order valence-electron chi connectivity index (χ0n) is 9.62. The summed E-state index contributed by atoms with van der Waals surface area (Å²) in [4.78, 5) is 1.14. The number of aryl methyl sites for hydroxylation is 1. The Morgan fingerprint density at radius 1 is 1.39 bits per heavy atom. The fourth-order valence-corrected chi connectivity index (χ4v) is 2.00. The Hall–Kier alpha value is -0.660. The van der Waals surface area contributed by atoms with E-state index in [-0.39, 0.29) is 6.61 Å². The first-order chi connectivity index (χ1) is 8.42. The summed E-state index contributed by atoms with van der Waals surface area (Å²) < 4.78 is 53.1. The average Bonchev–Trinajstić information content (AvgIpc) is 2.78. The van der Waals surface area contributed by atoms with Gasteiger partial charge in [0.1, 0.15) is 6.61 Å². The van der Waals surface area contributed by atoms with Crippen LogP contribution in [0.3, 0.4) is 0 Å². The van der Waals surface area contributed by atoms with Crippen LogP contribution in [0.25, 0.3) is 0 Å². The molecule has 0 aliphatic rings. The monoisotopic (exact) mass is 285 g/mol. The lowest BCUT2D eigenvalue weighted by Gasteiger charge is -2.17. The van der Waals surface area contributed by atoms with Crippen LogP contribution in [0.2, 0.25) is 0 Å². The van der Waals surface area contributed by atoms with Crippen molar-refractivity contribution in [1.82, 2.24) is 0 Å². The maximum Gasteiger partial charge on any atom is 0.330 e. The highest BCUT2D eigenvalue weighted by molar-refractivity contribution is 7.09. The molecule has 2 nitrogen and oxygen atoms in total. The zero-order valence-corrected chi connectivity index (χ0v) is 10.4. The average molecular weight is 285 g/mol. The van der Waals surface area contributed by atoms with E-state index >= 15 is 0 Å². The highest BCUT2D eigenvalue weighted by atomic mass is 32.1. The molecule has 7 heteroatoms. The lowest BCUT2D eigenvalue weighted by Crippen LogP contribution is -2.35. The van der Waals surface area contributed by atoms with Crippen molar-refractivity contribution < 1.29 is 22.3 Å². The van der Waals surface area contributed by atoms with Crippen molar-refractivity contribution in [2.45, 2.75) is 31.2 Å². The third-order valence-electron chi connectivity index (χ3n) is 2.29. The van der Waals surface area contributed by atoms with Gasteiger partial charge in [-0.05, 0) is 24.3 Å². The molecule has 1 rings (SSSR count). The van der Waals surface area contributed by atoms with Crippen LogP contribution >= 0.6 is 11.3 Å². The number of alkyl halides is 4. The summed E-state index contributed by atoms with van der Waals surface area (Å²) in [5.41, 5.74) is 5.64. The quantitative estimate of drug-likeness (QED) is 0.745. The van der Waals surface area contributed by atoms with Crippen molar-refractivity contribution in [2.24, 2.45) is 5.73 Å². The van der Waals surface area contributed by atoms with Gasteiger partial charge < -0.3 is 10.5 Å². The smallest absolute Gasteiger partial charge is 0.330 e. The summed E-state index contributed by atoms with van der Waals surface area (Å²) in [5.74, 6) is -4.10. The van der Waals surface area contributed by atoms with Crippen LogP contribution in [-0.2, 0) is 11.2 Å². The molecule has 0 spiro atoms. The van der Waals surface area contributed by atoms with Crippen molar-refractivity contribution >= 4 is 11.3 Å². The molecule has 2 N–H and O–H groups in total. The fourth-order valence-electron chi connectivity index (χ4n) is 1.28. The second-order valence-electron chi connectivity index (χ2n) is 3.95. The van der Waals surface area contributed by atoms with Gasteiger partial charge in [0.25, 0.3) is 0 Å². The van der Waals surface area contributed by atoms with Crippen LogP contribution in [0.4, 0.5) is 17.6 Å². The van der Waals surface area contributed by atoms with E-state index in [2.05, 4.69) is 4.74 Å². The second kappa shape index (κ2) is 7.06. The van der Waals surface area contributed by atoms with Crippen molar-refractivity contribution in [1.29, 1.82) is 0 Å². The zero-order chi connectivity index (χ0) is 13.6. The fraction of sp³-hybridized carbons (Fsp3) is 0.636. The molecule has 104 valence electrons. The molecule has 0 saturated heterocycles. The van der Waals surface area contributed by atoms with Crippen LogP contribution in [0.1, 0.15) is 11.3 Å². The lowest BCUT2D eigenvalue weighted by atomic mass is 10.1. The highest BCUT2D eigenvalue weighted by Gasteiger charge is 2.40. The van der Waals surface area contributed by atoms with Gasteiger partial charge in [-0.15, -0.1) is 11.3 Å². The minimum Gasteiger partial charge on any atom is -0.373 e. The summed E-state index contributed by atoms with van der Waals surface area (Å²) in [5, 5.41) is 1.93. The van der Waals surface area contributed by atoms with Gasteiger partial charge in [0.15, 0.2) is 0 Å². The maximum absolute atomic E-state index is 12.5. The van der Waals surface area contributed by atoms with Gasteiger partial charge in [-0.2, -0.15) is 8.78 Å². The normalized spacial score (nSPS) is 14.1. The van der Waals surface area contributed by atoms with Crippen LogP contribution in [0, 0.1) is 0 Å². The first kappa shape index (κ1) is 15.4. The van der Waals surface area contributed by atoms with E-state index in [0.29, 0.717) is 6.42 Å². The van der Waals surface area contributed by atoms with Gasteiger partial charge in [0.05, 0.1) is 6.61 Å². The summed E-state index contributed by atoms with van der Waals surface area (Å²) in [7, 11) is 0. The number of ether oxygens (including phenoxy) is 1. The number of nitrogens with two attached hydrogens (primary N) is 1. The Balaban J connectivity index is 2.15.